The van der Waals surface area contributed by atoms with Crippen LogP contribution in [0, 0.1) is 6.92 Å². The third kappa shape index (κ3) is 3.75. The van der Waals surface area contributed by atoms with E-state index in [2.05, 4.69) is 0 Å². The van der Waals surface area contributed by atoms with E-state index < -0.39 is 11.9 Å². The minimum absolute atomic E-state index is 0.0272. The van der Waals surface area contributed by atoms with Crippen LogP contribution in [0.4, 0.5) is 0 Å². The number of hydrogen-bond acceptors (Lipinski definition) is 3. The van der Waals surface area contributed by atoms with Gasteiger partial charge in [0.1, 0.15) is 11.3 Å². The van der Waals surface area contributed by atoms with Crippen molar-refractivity contribution in [1.29, 1.82) is 0 Å². The molecule has 0 fully saturated rings. The number of ether oxygens (including phenoxy) is 1. The Morgan fingerprint density at radius 2 is 1.52 bits per heavy atom. The normalized spacial score (nSPS) is 10.3. The molecule has 0 spiro atoms. The van der Waals surface area contributed by atoms with Gasteiger partial charge in [-0.2, -0.15) is 0 Å². The Balaban J connectivity index is 1.96. The van der Waals surface area contributed by atoms with Crippen LogP contribution in [0.25, 0.3) is 11.1 Å². The maximum atomic E-state index is 12.3. The Bertz CT molecular complexity index is 912. The summed E-state index contributed by atoms with van der Waals surface area (Å²) >= 11 is 0. The van der Waals surface area contributed by atoms with Crippen molar-refractivity contribution in [3.05, 3.63) is 89.5 Å². The Hall–Kier alpha value is -3.40. The number of rotatable bonds is 4. The first-order chi connectivity index (χ1) is 12.0. The van der Waals surface area contributed by atoms with E-state index in [9.17, 15) is 14.7 Å². The third-order valence-corrected chi connectivity index (χ3v) is 3.81. The maximum Gasteiger partial charge on any atom is 0.343 e. The van der Waals surface area contributed by atoms with E-state index in [0.29, 0.717) is 5.56 Å². The largest absolute Gasteiger partial charge is 0.478 e. The summed E-state index contributed by atoms with van der Waals surface area (Å²) in [6, 6.07) is 21.1. The first-order valence-electron chi connectivity index (χ1n) is 7.76. The standard InChI is InChI=1S/C21H16O4/c1-14-7-9-16(10-8-14)21(24)25-19-13-17(11-12-18(19)20(22)23)15-5-3-2-4-6-15/h2-13H,1H3,(H,22,23). The van der Waals surface area contributed by atoms with Gasteiger partial charge in [0.2, 0.25) is 0 Å². The van der Waals surface area contributed by atoms with Gasteiger partial charge in [-0.05, 0) is 42.3 Å². The first-order valence-corrected chi connectivity index (χ1v) is 7.76. The van der Waals surface area contributed by atoms with Gasteiger partial charge in [0.25, 0.3) is 0 Å². The number of aryl methyl sites for hydroxylation is 1. The predicted octanol–water partition coefficient (Wildman–Crippen LogP) is 4.58. The second-order valence-electron chi connectivity index (χ2n) is 5.64. The summed E-state index contributed by atoms with van der Waals surface area (Å²) in [6.07, 6.45) is 0. The van der Waals surface area contributed by atoms with Crippen LogP contribution in [0.3, 0.4) is 0 Å². The zero-order valence-electron chi connectivity index (χ0n) is 13.6. The lowest BCUT2D eigenvalue weighted by atomic mass is 10.0. The summed E-state index contributed by atoms with van der Waals surface area (Å²) in [7, 11) is 0. The third-order valence-electron chi connectivity index (χ3n) is 3.81. The molecule has 0 saturated heterocycles. The van der Waals surface area contributed by atoms with Crippen LogP contribution in [0.5, 0.6) is 5.75 Å². The highest BCUT2D eigenvalue weighted by Gasteiger charge is 2.17. The molecule has 4 heteroatoms. The molecule has 0 atom stereocenters. The summed E-state index contributed by atoms with van der Waals surface area (Å²) in [4.78, 5) is 23.8. The fourth-order valence-electron chi connectivity index (χ4n) is 2.44. The zero-order chi connectivity index (χ0) is 17.8. The van der Waals surface area contributed by atoms with Gasteiger partial charge in [-0.1, -0.05) is 54.1 Å². The topological polar surface area (TPSA) is 63.6 Å². The fraction of sp³-hybridized carbons (Fsp3) is 0.0476. The number of aromatic carboxylic acids is 1. The van der Waals surface area contributed by atoms with Gasteiger partial charge < -0.3 is 9.84 Å². The molecule has 124 valence electrons. The summed E-state index contributed by atoms with van der Waals surface area (Å²) in [5.74, 6) is -1.71. The molecule has 0 aliphatic heterocycles. The molecule has 4 nitrogen and oxygen atoms in total. The van der Waals surface area contributed by atoms with Crippen LogP contribution in [-0.4, -0.2) is 17.0 Å². The summed E-state index contributed by atoms with van der Waals surface area (Å²) in [5, 5.41) is 9.36. The fourth-order valence-corrected chi connectivity index (χ4v) is 2.44. The first kappa shape index (κ1) is 16.5. The Morgan fingerprint density at radius 1 is 0.840 bits per heavy atom. The van der Waals surface area contributed by atoms with Crippen molar-refractivity contribution in [2.24, 2.45) is 0 Å². The molecule has 0 aliphatic rings. The molecule has 0 unspecified atom stereocenters. The minimum Gasteiger partial charge on any atom is -0.478 e. The van der Waals surface area contributed by atoms with Crippen LogP contribution in [0.2, 0.25) is 0 Å². The van der Waals surface area contributed by atoms with Crippen molar-refractivity contribution in [1.82, 2.24) is 0 Å². The van der Waals surface area contributed by atoms with Gasteiger partial charge in [0.05, 0.1) is 5.56 Å². The molecule has 0 bridgehead atoms. The van der Waals surface area contributed by atoms with Crippen molar-refractivity contribution >= 4 is 11.9 Å². The monoisotopic (exact) mass is 332 g/mol. The Morgan fingerprint density at radius 3 is 2.16 bits per heavy atom. The lowest BCUT2D eigenvalue weighted by molar-refractivity contribution is 0.0681. The van der Waals surface area contributed by atoms with E-state index in [1.165, 1.54) is 6.07 Å². The highest BCUT2D eigenvalue weighted by molar-refractivity contribution is 5.96. The summed E-state index contributed by atoms with van der Waals surface area (Å²) in [5.41, 5.74) is 3.02. The van der Waals surface area contributed by atoms with Crippen LogP contribution >= 0.6 is 0 Å². The van der Waals surface area contributed by atoms with Crippen molar-refractivity contribution in [2.45, 2.75) is 6.92 Å². The second kappa shape index (κ2) is 7.01. The summed E-state index contributed by atoms with van der Waals surface area (Å²) in [6.45, 7) is 1.92. The van der Waals surface area contributed by atoms with Crippen molar-refractivity contribution in [2.75, 3.05) is 0 Å². The van der Waals surface area contributed by atoms with Crippen molar-refractivity contribution in [3.8, 4) is 16.9 Å². The van der Waals surface area contributed by atoms with Gasteiger partial charge in [-0.3, -0.25) is 0 Å². The van der Waals surface area contributed by atoms with Crippen LogP contribution < -0.4 is 4.74 Å². The summed E-state index contributed by atoms with van der Waals surface area (Å²) < 4.78 is 5.38. The van der Waals surface area contributed by atoms with E-state index in [-0.39, 0.29) is 11.3 Å². The maximum absolute atomic E-state index is 12.3. The molecule has 3 aromatic carbocycles. The highest BCUT2D eigenvalue weighted by Crippen LogP contribution is 2.28. The average molecular weight is 332 g/mol. The minimum atomic E-state index is -1.15. The van der Waals surface area contributed by atoms with Gasteiger partial charge in [-0.15, -0.1) is 0 Å². The smallest absolute Gasteiger partial charge is 0.343 e. The van der Waals surface area contributed by atoms with Crippen molar-refractivity contribution < 1.29 is 19.4 Å². The number of benzene rings is 3. The molecular weight excluding hydrogens is 316 g/mol. The highest BCUT2D eigenvalue weighted by atomic mass is 16.5. The molecule has 0 aliphatic carbocycles. The second-order valence-corrected chi connectivity index (χ2v) is 5.64. The number of esters is 1. The van der Waals surface area contributed by atoms with E-state index in [1.54, 1.807) is 36.4 Å². The van der Waals surface area contributed by atoms with E-state index in [0.717, 1.165) is 16.7 Å². The average Bonchev–Trinajstić information content (AvgIpc) is 2.62. The van der Waals surface area contributed by atoms with Crippen LogP contribution in [0.15, 0.2) is 72.8 Å². The molecule has 0 saturated carbocycles. The SMILES string of the molecule is Cc1ccc(C(=O)Oc2cc(-c3ccccc3)ccc2C(=O)O)cc1. The molecule has 3 rings (SSSR count). The molecule has 0 aromatic heterocycles. The Kier molecular flexibility index (Phi) is 4.61. The molecule has 3 aromatic rings. The Labute approximate surface area is 145 Å². The quantitative estimate of drug-likeness (QED) is 0.561. The van der Waals surface area contributed by atoms with Crippen LogP contribution in [0.1, 0.15) is 26.3 Å². The number of carboxylic acids is 1. The van der Waals surface area contributed by atoms with Gasteiger partial charge >= 0.3 is 11.9 Å². The molecule has 0 heterocycles. The van der Waals surface area contributed by atoms with Gasteiger partial charge in [-0.25, -0.2) is 9.59 Å². The lowest BCUT2D eigenvalue weighted by Crippen LogP contribution is -2.11. The van der Waals surface area contributed by atoms with Gasteiger partial charge in [0.15, 0.2) is 0 Å². The van der Waals surface area contributed by atoms with E-state index >= 15 is 0 Å². The molecule has 0 amide bonds. The lowest BCUT2D eigenvalue weighted by Gasteiger charge is -2.10. The molecule has 1 N–H and O–H groups in total. The number of carboxylic acid groups (broad SMARTS) is 1. The van der Waals surface area contributed by atoms with Crippen molar-refractivity contribution in [3.63, 3.8) is 0 Å². The van der Waals surface area contributed by atoms with E-state index in [4.69, 9.17) is 4.74 Å². The van der Waals surface area contributed by atoms with E-state index in [1.807, 2.05) is 37.3 Å². The van der Waals surface area contributed by atoms with Crippen LogP contribution in [-0.2, 0) is 0 Å². The van der Waals surface area contributed by atoms with Gasteiger partial charge in [0, 0.05) is 0 Å². The number of carbonyl (C=O) groups excluding carboxylic acids is 1. The molecular formula is C21H16O4. The zero-order valence-corrected chi connectivity index (χ0v) is 13.6. The number of hydrogen-bond donors (Lipinski definition) is 1. The number of carbonyl (C=O) groups is 2. The molecule has 0 radical (unpaired) electrons. The predicted molar refractivity (Wildman–Crippen MR) is 95.0 cm³/mol. The molecule has 25 heavy (non-hydrogen) atoms.